The molecule has 0 amide bonds. The van der Waals surface area contributed by atoms with E-state index in [1.54, 1.807) is 11.4 Å². The number of hydrogen-bond donors (Lipinski definition) is 0. The summed E-state index contributed by atoms with van der Waals surface area (Å²) in [7, 11) is 0. The minimum absolute atomic E-state index is 0.873. The van der Waals surface area contributed by atoms with Gasteiger partial charge in [-0.25, -0.2) is 0 Å². The van der Waals surface area contributed by atoms with E-state index in [0.717, 1.165) is 12.4 Å². The summed E-state index contributed by atoms with van der Waals surface area (Å²) in [6.45, 7) is 2.90. The van der Waals surface area contributed by atoms with E-state index >= 15 is 0 Å². The summed E-state index contributed by atoms with van der Waals surface area (Å²) in [6.07, 6.45) is 0. The number of rotatable bonds is 0. The Morgan fingerprint density at radius 2 is 2.57 bits per heavy atom. The second-order valence-corrected chi connectivity index (χ2v) is 9.55. The fourth-order valence-electron chi connectivity index (χ4n) is 0.443. The average Bonchev–Trinajstić information content (AvgIpc) is 1.84. The van der Waals surface area contributed by atoms with Crippen LogP contribution in [-0.2, 0) is 16.3 Å². The standard InChI is InChI=1S/C3H7OPS2/c1-5(6)4-2-3-7-5/h2-3H2,1H3. The lowest BCUT2D eigenvalue weighted by molar-refractivity contribution is 0.400. The molecule has 1 rings (SSSR count). The molecular formula is C3H7OPS2. The lowest BCUT2D eigenvalue weighted by Crippen LogP contribution is -1.76. The first-order valence-corrected chi connectivity index (χ1v) is 6.83. The van der Waals surface area contributed by atoms with Crippen LogP contribution in [-0.4, -0.2) is 19.0 Å². The van der Waals surface area contributed by atoms with Crippen molar-refractivity contribution in [3.63, 3.8) is 0 Å². The summed E-state index contributed by atoms with van der Waals surface area (Å²) in [5.74, 6) is 1.10. The van der Waals surface area contributed by atoms with Crippen LogP contribution in [0, 0.1) is 0 Å². The van der Waals surface area contributed by atoms with Crippen molar-refractivity contribution in [2.24, 2.45) is 0 Å². The fraction of sp³-hybridized carbons (Fsp3) is 1.00. The van der Waals surface area contributed by atoms with Crippen molar-refractivity contribution in [1.29, 1.82) is 0 Å². The van der Waals surface area contributed by atoms with Crippen molar-refractivity contribution in [2.75, 3.05) is 19.0 Å². The molecule has 1 aliphatic rings. The second kappa shape index (κ2) is 2.06. The highest BCUT2D eigenvalue weighted by Crippen LogP contribution is 2.60. The molecular weight excluding hydrogens is 147 g/mol. The van der Waals surface area contributed by atoms with Gasteiger partial charge in [0.05, 0.1) is 6.61 Å². The first-order valence-electron chi connectivity index (χ1n) is 2.07. The summed E-state index contributed by atoms with van der Waals surface area (Å²) in [6, 6.07) is 0. The van der Waals surface area contributed by atoms with Gasteiger partial charge in [0.25, 0.3) is 0 Å². The third kappa shape index (κ3) is 1.73. The molecule has 1 atom stereocenters. The third-order valence-electron chi connectivity index (χ3n) is 0.735. The Morgan fingerprint density at radius 1 is 1.86 bits per heavy atom. The zero-order valence-corrected chi connectivity index (χ0v) is 6.61. The molecule has 1 heterocycles. The Morgan fingerprint density at radius 3 is 2.71 bits per heavy atom. The molecule has 1 nitrogen and oxygen atoms in total. The van der Waals surface area contributed by atoms with Crippen LogP contribution < -0.4 is 0 Å². The predicted molar refractivity (Wildman–Crippen MR) is 38.6 cm³/mol. The van der Waals surface area contributed by atoms with Crippen LogP contribution in [0.15, 0.2) is 0 Å². The molecule has 4 heteroatoms. The Bertz CT molecular complexity index is 104. The first kappa shape index (κ1) is 6.09. The SMILES string of the molecule is CP1(=S)OCCS1. The Labute approximate surface area is 52.7 Å². The molecule has 0 aromatic carbocycles. The van der Waals surface area contributed by atoms with Gasteiger partial charge >= 0.3 is 0 Å². The van der Waals surface area contributed by atoms with E-state index in [2.05, 4.69) is 0 Å². The number of hydrogen-bond acceptors (Lipinski definition) is 3. The van der Waals surface area contributed by atoms with E-state index in [1.807, 2.05) is 6.66 Å². The van der Waals surface area contributed by atoms with Crippen molar-refractivity contribution in [1.82, 2.24) is 0 Å². The van der Waals surface area contributed by atoms with Crippen LogP contribution in [0.3, 0.4) is 0 Å². The Kier molecular flexibility index (Phi) is 1.79. The fourth-order valence-corrected chi connectivity index (χ4v) is 4.11. The van der Waals surface area contributed by atoms with Gasteiger partial charge in [-0.1, -0.05) is 23.2 Å². The minimum Gasteiger partial charge on any atom is -0.341 e. The molecule has 0 bridgehead atoms. The van der Waals surface area contributed by atoms with Gasteiger partial charge in [0.15, 0.2) is 0 Å². The van der Waals surface area contributed by atoms with Gasteiger partial charge in [-0.2, -0.15) is 0 Å². The van der Waals surface area contributed by atoms with Gasteiger partial charge in [-0.05, 0) is 6.66 Å². The van der Waals surface area contributed by atoms with Gasteiger partial charge in [-0.15, -0.1) is 0 Å². The summed E-state index contributed by atoms with van der Waals surface area (Å²) in [4.78, 5) is 0. The van der Waals surface area contributed by atoms with Gasteiger partial charge in [-0.3, -0.25) is 0 Å². The Hall–Kier alpha value is 0.960. The zero-order chi connectivity index (χ0) is 5.33. The molecule has 1 fully saturated rings. The van der Waals surface area contributed by atoms with E-state index < -0.39 is 5.47 Å². The summed E-state index contributed by atoms with van der Waals surface area (Å²) >= 11 is 6.86. The molecule has 1 unspecified atom stereocenters. The van der Waals surface area contributed by atoms with Crippen LogP contribution in [0.4, 0.5) is 0 Å². The van der Waals surface area contributed by atoms with Crippen molar-refractivity contribution < 1.29 is 4.52 Å². The minimum atomic E-state index is -1.29. The second-order valence-electron chi connectivity index (χ2n) is 1.44. The van der Waals surface area contributed by atoms with Crippen LogP contribution in [0.5, 0.6) is 0 Å². The van der Waals surface area contributed by atoms with Crippen molar-refractivity contribution >= 4 is 28.7 Å². The zero-order valence-electron chi connectivity index (χ0n) is 4.09. The largest absolute Gasteiger partial charge is 0.341 e. The topological polar surface area (TPSA) is 9.23 Å². The molecule has 0 saturated carbocycles. The highest BCUT2D eigenvalue weighted by molar-refractivity contribution is 8.69. The lowest BCUT2D eigenvalue weighted by atomic mass is 10.9. The molecule has 7 heavy (non-hydrogen) atoms. The van der Waals surface area contributed by atoms with Gasteiger partial charge in [0, 0.05) is 5.75 Å². The van der Waals surface area contributed by atoms with E-state index in [9.17, 15) is 0 Å². The van der Waals surface area contributed by atoms with Gasteiger partial charge in [0.2, 0.25) is 0 Å². The van der Waals surface area contributed by atoms with Crippen molar-refractivity contribution in [3.05, 3.63) is 0 Å². The molecule has 0 spiro atoms. The lowest BCUT2D eigenvalue weighted by Gasteiger charge is -2.01. The van der Waals surface area contributed by atoms with Gasteiger partial charge in [0.1, 0.15) is 5.47 Å². The summed E-state index contributed by atoms with van der Waals surface area (Å²) < 4.78 is 5.23. The molecule has 0 N–H and O–H groups in total. The molecule has 1 aliphatic heterocycles. The van der Waals surface area contributed by atoms with E-state index in [-0.39, 0.29) is 0 Å². The molecule has 0 aromatic heterocycles. The maximum absolute atomic E-state index is 5.23. The predicted octanol–water partition coefficient (Wildman–Crippen LogP) is 1.69. The maximum Gasteiger partial charge on any atom is 0.116 e. The maximum atomic E-state index is 5.23. The summed E-state index contributed by atoms with van der Waals surface area (Å²) in [5, 5.41) is 0. The highest BCUT2D eigenvalue weighted by atomic mass is 32.9. The molecule has 0 aliphatic carbocycles. The first-order chi connectivity index (χ1) is 3.21. The molecule has 0 aromatic rings. The summed E-state index contributed by atoms with van der Waals surface area (Å²) in [5.41, 5.74) is -1.29. The third-order valence-corrected chi connectivity index (χ3v) is 5.74. The Balaban J connectivity index is 2.57. The van der Waals surface area contributed by atoms with Crippen molar-refractivity contribution in [2.45, 2.75) is 0 Å². The smallest absolute Gasteiger partial charge is 0.116 e. The average molecular weight is 154 g/mol. The van der Waals surface area contributed by atoms with Crippen LogP contribution in [0.25, 0.3) is 0 Å². The molecule has 0 radical (unpaired) electrons. The van der Waals surface area contributed by atoms with Crippen molar-refractivity contribution in [3.8, 4) is 0 Å². The van der Waals surface area contributed by atoms with Gasteiger partial charge < -0.3 is 4.52 Å². The molecule has 42 valence electrons. The van der Waals surface area contributed by atoms with E-state index in [4.69, 9.17) is 16.3 Å². The van der Waals surface area contributed by atoms with E-state index in [1.165, 1.54) is 0 Å². The highest BCUT2D eigenvalue weighted by Gasteiger charge is 2.16. The molecule has 1 saturated heterocycles. The monoisotopic (exact) mass is 154 g/mol. The van der Waals surface area contributed by atoms with Crippen LogP contribution in [0.1, 0.15) is 0 Å². The van der Waals surface area contributed by atoms with Crippen LogP contribution in [0.2, 0.25) is 0 Å². The normalized spacial score (nSPS) is 41.9. The van der Waals surface area contributed by atoms with Crippen LogP contribution >= 0.6 is 16.8 Å². The quantitative estimate of drug-likeness (QED) is 0.491. The van der Waals surface area contributed by atoms with E-state index in [0.29, 0.717) is 0 Å².